The second-order valence-electron chi connectivity index (χ2n) is 9.71. The van der Waals surface area contributed by atoms with Crippen LogP contribution in [0.15, 0.2) is 66.8 Å². The van der Waals surface area contributed by atoms with Crippen LogP contribution in [0.5, 0.6) is 11.5 Å². The number of imidazole rings is 1. The summed E-state index contributed by atoms with van der Waals surface area (Å²) in [6.45, 7) is 7.97. The van der Waals surface area contributed by atoms with Crippen molar-refractivity contribution in [1.82, 2.24) is 14.5 Å². The van der Waals surface area contributed by atoms with E-state index in [-0.39, 0.29) is 11.3 Å². The highest BCUT2D eigenvalue weighted by Gasteiger charge is 2.46. The number of benzene rings is 2. The van der Waals surface area contributed by atoms with Crippen molar-refractivity contribution in [3.05, 3.63) is 83.4 Å². The number of carbonyl (C=O) groups is 2. The van der Waals surface area contributed by atoms with E-state index in [1.165, 1.54) is 0 Å². The molecule has 2 aromatic carbocycles. The number of rotatable bonds is 13. The van der Waals surface area contributed by atoms with Crippen molar-refractivity contribution in [2.24, 2.45) is 0 Å². The number of hydrogen-bond donors (Lipinski definition) is 1. The number of Topliss-reactive ketones (excluding diaryl/α,β-unsaturated/α-hetero) is 1. The van der Waals surface area contributed by atoms with Gasteiger partial charge in [0.1, 0.15) is 5.76 Å². The van der Waals surface area contributed by atoms with Crippen molar-refractivity contribution in [1.29, 1.82) is 0 Å². The number of carbonyl (C=O) groups excluding carboxylic acids is 2. The molecular formula is C31H37N3O5. The summed E-state index contributed by atoms with van der Waals surface area (Å²) >= 11 is 0. The van der Waals surface area contributed by atoms with E-state index in [4.69, 9.17) is 9.47 Å². The molecule has 39 heavy (non-hydrogen) atoms. The molecule has 1 aromatic heterocycles. The molecule has 1 aliphatic heterocycles. The summed E-state index contributed by atoms with van der Waals surface area (Å²) in [5, 5.41) is 11.3. The molecule has 2 heterocycles. The van der Waals surface area contributed by atoms with E-state index in [1.807, 2.05) is 54.9 Å². The number of aliphatic hydroxyl groups excluding tert-OH is 1. The Morgan fingerprint density at radius 3 is 2.46 bits per heavy atom. The zero-order chi connectivity index (χ0) is 27.8. The molecule has 1 fully saturated rings. The molecule has 1 unspecified atom stereocenters. The fraction of sp³-hybridized carbons (Fsp3) is 0.387. The molecule has 1 amide bonds. The van der Waals surface area contributed by atoms with Crippen molar-refractivity contribution < 1.29 is 24.2 Å². The third-order valence-electron chi connectivity index (χ3n) is 6.83. The van der Waals surface area contributed by atoms with Crippen LogP contribution < -0.4 is 9.47 Å². The molecule has 8 nitrogen and oxygen atoms in total. The SMILES string of the molecule is CCCCCOc1ccc(C2/C(=C(\O)c3ccc(C)cc3)C(=O)C(=O)N2CCCn2ccnc2)cc1OCC. The van der Waals surface area contributed by atoms with Gasteiger partial charge in [-0.1, -0.05) is 55.7 Å². The van der Waals surface area contributed by atoms with Gasteiger partial charge in [-0.15, -0.1) is 0 Å². The summed E-state index contributed by atoms with van der Waals surface area (Å²) in [6, 6.07) is 12.0. The van der Waals surface area contributed by atoms with Gasteiger partial charge >= 0.3 is 0 Å². The van der Waals surface area contributed by atoms with Gasteiger partial charge in [-0.2, -0.15) is 0 Å². The Hall–Kier alpha value is -4.07. The number of ketones is 1. The quantitative estimate of drug-likeness (QED) is 0.132. The number of aliphatic hydroxyl groups is 1. The second-order valence-corrected chi connectivity index (χ2v) is 9.71. The van der Waals surface area contributed by atoms with Crippen LogP contribution in [0, 0.1) is 6.92 Å². The van der Waals surface area contributed by atoms with Gasteiger partial charge in [0, 0.05) is 31.0 Å². The maximum Gasteiger partial charge on any atom is 0.295 e. The number of aryl methyl sites for hydroxylation is 2. The summed E-state index contributed by atoms with van der Waals surface area (Å²) in [7, 11) is 0. The van der Waals surface area contributed by atoms with Gasteiger partial charge in [-0.3, -0.25) is 9.59 Å². The topological polar surface area (TPSA) is 93.9 Å². The lowest BCUT2D eigenvalue weighted by Gasteiger charge is -2.26. The number of likely N-dealkylation sites (tertiary alicyclic amines) is 1. The van der Waals surface area contributed by atoms with Gasteiger partial charge in [0.15, 0.2) is 11.5 Å². The minimum absolute atomic E-state index is 0.0746. The first kappa shape index (κ1) is 28.0. The maximum atomic E-state index is 13.4. The predicted octanol–water partition coefficient (Wildman–Crippen LogP) is 5.67. The molecule has 1 saturated heterocycles. The molecule has 206 valence electrons. The standard InChI is InChI=1S/C31H37N3O5/c1-4-6-7-19-39-25-14-13-24(20-26(25)38-5-2)28-27(29(35)23-11-9-22(3)10-12-23)30(36)31(37)34(28)17-8-16-33-18-15-32-21-33/h9-15,18,20-21,28,35H,4-8,16-17,19H2,1-3H3/b29-27+. The zero-order valence-electron chi connectivity index (χ0n) is 22.9. The molecule has 3 aromatic rings. The van der Waals surface area contributed by atoms with Crippen LogP contribution in [0.2, 0.25) is 0 Å². The largest absolute Gasteiger partial charge is 0.507 e. The second kappa shape index (κ2) is 13.1. The number of nitrogens with zero attached hydrogens (tertiary/aromatic N) is 3. The van der Waals surface area contributed by atoms with Crippen molar-refractivity contribution in [2.75, 3.05) is 19.8 Å². The first-order valence-corrected chi connectivity index (χ1v) is 13.6. The highest BCUT2D eigenvalue weighted by molar-refractivity contribution is 6.46. The zero-order valence-corrected chi connectivity index (χ0v) is 22.9. The number of hydrogen-bond acceptors (Lipinski definition) is 6. The molecule has 0 saturated carbocycles. The third-order valence-corrected chi connectivity index (χ3v) is 6.83. The molecule has 1 N–H and O–H groups in total. The van der Waals surface area contributed by atoms with Crippen LogP contribution in [0.4, 0.5) is 0 Å². The van der Waals surface area contributed by atoms with Crippen molar-refractivity contribution in [2.45, 2.75) is 59.0 Å². The Balaban J connectivity index is 1.72. The monoisotopic (exact) mass is 531 g/mol. The van der Waals surface area contributed by atoms with E-state index in [0.717, 1.165) is 24.8 Å². The van der Waals surface area contributed by atoms with Crippen molar-refractivity contribution in [3.8, 4) is 11.5 Å². The molecule has 0 spiro atoms. The summed E-state index contributed by atoms with van der Waals surface area (Å²) in [4.78, 5) is 32.3. The molecule has 1 atom stereocenters. The summed E-state index contributed by atoms with van der Waals surface area (Å²) in [5.41, 5.74) is 2.27. The lowest BCUT2D eigenvalue weighted by molar-refractivity contribution is -0.139. The first-order chi connectivity index (χ1) is 18.9. The number of amides is 1. The Morgan fingerprint density at radius 2 is 1.77 bits per heavy atom. The minimum atomic E-state index is -0.762. The van der Waals surface area contributed by atoms with Crippen LogP contribution in [0.25, 0.3) is 5.76 Å². The Kier molecular flexibility index (Phi) is 9.41. The number of ether oxygens (including phenoxy) is 2. The van der Waals surface area contributed by atoms with E-state index >= 15 is 0 Å². The number of unbranched alkanes of at least 4 members (excludes halogenated alkanes) is 2. The van der Waals surface area contributed by atoms with Crippen LogP contribution in [0.3, 0.4) is 0 Å². The average Bonchev–Trinajstić information content (AvgIpc) is 3.54. The summed E-state index contributed by atoms with van der Waals surface area (Å²) < 4.78 is 13.8. The lowest BCUT2D eigenvalue weighted by atomic mass is 9.94. The van der Waals surface area contributed by atoms with Crippen molar-refractivity contribution in [3.63, 3.8) is 0 Å². The van der Waals surface area contributed by atoms with E-state index in [1.54, 1.807) is 29.6 Å². The Labute approximate surface area is 229 Å². The lowest BCUT2D eigenvalue weighted by Crippen LogP contribution is -2.31. The molecule has 0 aliphatic carbocycles. The number of aromatic nitrogens is 2. The van der Waals surface area contributed by atoms with Gasteiger partial charge in [0.05, 0.1) is 31.2 Å². The molecule has 0 bridgehead atoms. The van der Waals surface area contributed by atoms with Gasteiger partial charge in [-0.25, -0.2) is 4.98 Å². The van der Waals surface area contributed by atoms with Crippen LogP contribution >= 0.6 is 0 Å². The molecule has 8 heteroatoms. The maximum absolute atomic E-state index is 13.4. The molecule has 4 rings (SSSR count). The Bertz CT molecular complexity index is 1300. The normalized spacial score (nSPS) is 16.6. The van der Waals surface area contributed by atoms with Gasteiger partial charge < -0.3 is 24.0 Å². The third kappa shape index (κ3) is 6.50. The van der Waals surface area contributed by atoms with Crippen LogP contribution in [-0.4, -0.2) is 51.0 Å². The smallest absolute Gasteiger partial charge is 0.295 e. The minimum Gasteiger partial charge on any atom is -0.507 e. The van der Waals surface area contributed by atoms with E-state index in [2.05, 4.69) is 11.9 Å². The summed E-state index contributed by atoms with van der Waals surface area (Å²) in [5.74, 6) is -0.345. The summed E-state index contributed by atoms with van der Waals surface area (Å²) in [6.07, 6.45) is 9.01. The van der Waals surface area contributed by atoms with Crippen LogP contribution in [0.1, 0.15) is 62.3 Å². The predicted molar refractivity (Wildman–Crippen MR) is 150 cm³/mol. The molecule has 0 radical (unpaired) electrons. The average molecular weight is 532 g/mol. The Morgan fingerprint density at radius 1 is 0.974 bits per heavy atom. The fourth-order valence-corrected chi connectivity index (χ4v) is 4.78. The van der Waals surface area contributed by atoms with Gasteiger partial charge in [0.25, 0.3) is 11.7 Å². The van der Waals surface area contributed by atoms with Gasteiger partial charge in [-0.05, 0) is 44.4 Å². The van der Waals surface area contributed by atoms with E-state index in [9.17, 15) is 14.7 Å². The van der Waals surface area contributed by atoms with Crippen LogP contribution in [-0.2, 0) is 16.1 Å². The van der Waals surface area contributed by atoms with Crippen molar-refractivity contribution >= 4 is 17.4 Å². The first-order valence-electron chi connectivity index (χ1n) is 13.6. The van der Waals surface area contributed by atoms with E-state index < -0.39 is 17.7 Å². The van der Waals surface area contributed by atoms with Gasteiger partial charge in [0.2, 0.25) is 0 Å². The molecule has 1 aliphatic rings. The van der Waals surface area contributed by atoms with E-state index in [0.29, 0.717) is 55.4 Å². The highest BCUT2D eigenvalue weighted by atomic mass is 16.5. The molecular weight excluding hydrogens is 494 g/mol. The fourth-order valence-electron chi connectivity index (χ4n) is 4.78. The highest BCUT2D eigenvalue weighted by Crippen LogP contribution is 2.42.